The summed E-state index contributed by atoms with van der Waals surface area (Å²) in [6.45, 7) is 5.96. The van der Waals surface area contributed by atoms with E-state index in [1.165, 1.54) is 11.1 Å². The van der Waals surface area contributed by atoms with Crippen molar-refractivity contribution in [3.63, 3.8) is 0 Å². The Morgan fingerprint density at radius 2 is 2.26 bits per heavy atom. The molecule has 0 amide bonds. The predicted octanol–water partition coefficient (Wildman–Crippen LogP) is 2.55. The summed E-state index contributed by atoms with van der Waals surface area (Å²) in [5.74, 6) is 0.944. The van der Waals surface area contributed by atoms with Gasteiger partial charge in [0.25, 0.3) is 0 Å². The largest absolute Gasteiger partial charge is 0.496 e. The first-order chi connectivity index (χ1) is 9.20. The van der Waals surface area contributed by atoms with Gasteiger partial charge in [-0.25, -0.2) is 0 Å². The molecular formula is C15H21N3O. The Balaban J connectivity index is 1.94. The molecule has 102 valence electrons. The van der Waals surface area contributed by atoms with E-state index in [9.17, 15) is 0 Å². The fraction of sp³-hybridized carbons (Fsp3) is 0.400. The van der Waals surface area contributed by atoms with Crippen LogP contribution in [0.4, 0.5) is 0 Å². The second kappa shape index (κ2) is 6.38. The van der Waals surface area contributed by atoms with E-state index in [2.05, 4.69) is 42.5 Å². The lowest BCUT2D eigenvalue weighted by Gasteiger charge is -2.17. The minimum atomic E-state index is 0.256. The van der Waals surface area contributed by atoms with Gasteiger partial charge in [-0.3, -0.25) is 4.68 Å². The fourth-order valence-electron chi connectivity index (χ4n) is 2.11. The zero-order valence-electron chi connectivity index (χ0n) is 11.8. The topological polar surface area (TPSA) is 39.1 Å². The molecule has 1 unspecified atom stereocenters. The third-order valence-corrected chi connectivity index (χ3v) is 3.21. The molecule has 2 aromatic rings. The molecule has 4 nitrogen and oxygen atoms in total. The number of ether oxygens (including phenoxy) is 1. The molecule has 2 rings (SSSR count). The third kappa shape index (κ3) is 3.58. The molecule has 0 fully saturated rings. The molecule has 0 aliphatic rings. The molecule has 0 aliphatic carbocycles. The summed E-state index contributed by atoms with van der Waals surface area (Å²) in [4.78, 5) is 0. The Morgan fingerprint density at radius 3 is 2.95 bits per heavy atom. The van der Waals surface area contributed by atoms with Crippen LogP contribution in [0.2, 0.25) is 0 Å². The van der Waals surface area contributed by atoms with E-state index in [0.717, 1.165) is 18.8 Å². The first-order valence-electron chi connectivity index (χ1n) is 6.56. The van der Waals surface area contributed by atoms with Gasteiger partial charge < -0.3 is 10.1 Å². The second-order valence-corrected chi connectivity index (χ2v) is 4.69. The molecule has 0 spiro atoms. The van der Waals surface area contributed by atoms with E-state index in [-0.39, 0.29) is 6.04 Å². The predicted molar refractivity (Wildman–Crippen MR) is 76.4 cm³/mol. The fourth-order valence-corrected chi connectivity index (χ4v) is 2.11. The number of nitrogens with one attached hydrogen (secondary N) is 1. The van der Waals surface area contributed by atoms with Crippen molar-refractivity contribution in [3.8, 4) is 5.75 Å². The van der Waals surface area contributed by atoms with Gasteiger partial charge in [0.2, 0.25) is 0 Å². The van der Waals surface area contributed by atoms with Crippen LogP contribution < -0.4 is 10.1 Å². The van der Waals surface area contributed by atoms with Crippen molar-refractivity contribution in [1.29, 1.82) is 0 Å². The Morgan fingerprint density at radius 1 is 1.42 bits per heavy atom. The van der Waals surface area contributed by atoms with E-state index in [0.29, 0.717) is 0 Å². The SMILES string of the molecule is COc1cc(C)ccc1C(C)NCCn1cccn1. The van der Waals surface area contributed by atoms with Crippen molar-refractivity contribution < 1.29 is 4.74 Å². The van der Waals surface area contributed by atoms with Crippen LogP contribution in [-0.4, -0.2) is 23.4 Å². The molecule has 1 heterocycles. The smallest absolute Gasteiger partial charge is 0.123 e. The number of methoxy groups -OCH3 is 1. The summed E-state index contributed by atoms with van der Waals surface area (Å²) in [7, 11) is 1.72. The first-order valence-corrected chi connectivity index (χ1v) is 6.56. The van der Waals surface area contributed by atoms with Gasteiger partial charge >= 0.3 is 0 Å². The van der Waals surface area contributed by atoms with Crippen LogP contribution in [0.25, 0.3) is 0 Å². The quantitative estimate of drug-likeness (QED) is 0.866. The summed E-state index contributed by atoms with van der Waals surface area (Å²) < 4.78 is 7.36. The van der Waals surface area contributed by atoms with E-state index < -0.39 is 0 Å². The van der Waals surface area contributed by atoms with Crippen molar-refractivity contribution >= 4 is 0 Å². The molecule has 1 N–H and O–H groups in total. The molecule has 4 heteroatoms. The lowest BCUT2D eigenvalue weighted by Crippen LogP contribution is -2.23. The Hall–Kier alpha value is -1.81. The number of aryl methyl sites for hydroxylation is 1. The van der Waals surface area contributed by atoms with E-state index in [1.807, 2.05) is 16.9 Å². The number of aromatic nitrogens is 2. The molecule has 0 radical (unpaired) electrons. The maximum atomic E-state index is 5.44. The van der Waals surface area contributed by atoms with Crippen LogP contribution in [0.5, 0.6) is 5.75 Å². The second-order valence-electron chi connectivity index (χ2n) is 4.69. The summed E-state index contributed by atoms with van der Waals surface area (Å²) in [5, 5.41) is 7.67. The highest BCUT2D eigenvalue weighted by atomic mass is 16.5. The highest BCUT2D eigenvalue weighted by Gasteiger charge is 2.10. The van der Waals surface area contributed by atoms with Crippen molar-refractivity contribution in [3.05, 3.63) is 47.8 Å². The van der Waals surface area contributed by atoms with Gasteiger partial charge in [0.15, 0.2) is 0 Å². The van der Waals surface area contributed by atoms with Gasteiger partial charge in [0.1, 0.15) is 5.75 Å². The van der Waals surface area contributed by atoms with E-state index >= 15 is 0 Å². The number of hydrogen-bond acceptors (Lipinski definition) is 3. The number of hydrogen-bond donors (Lipinski definition) is 1. The number of rotatable bonds is 6. The summed E-state index contributed by atoms with van der Waals surface area (Å²) in [5.41, 5.74) is 2.40. The Kier molecular flexibility index (Phi) is 4.58. The average Bonchev–Trinajstić information content (AvgIpc) is 2.91. The third-order valence-electron chi connectivity index (χ3n) is 3.21. The molecule has 1 aromatic heterocycles. The lowest BCUT2D eigenvalue weighted by molar-refractivity contribution is 0.399. The van der Waals surface area contributed by atoms with Crippen LogP contribution in [0.1, 0.15) is 24.1 Å². The van der Waals surface area contributed by atoms with Gasteiger partial charge in [-0.2, -0.15) is 5.10 Å². The summed E-state index contributed by atoms with van der Waals surface area (Å²) in [6.07, 6.45) is 3.77. The van der Waals surface area contributed by atoms with E-state index in [1.54, 1.807) is 13.3 Å². The molecular weight excluding hydrogens is 238 g/mol. The number of nitrogens with zero attached hydrogens (tertiary/aromatic N) is 2. The monoisotopic (exact) mass is 259 g/mol. The number of benzene rings is 1. The van der Waals surface area contributed by atoms with Crippen molar-refractivity contribution in [2.75, 3.05) is 13.7 Å². The van der Waals surface area contributed by atoms with Crippen LogP contribution in [0.3, 0.4) is 0 Å². The van der Waals surface area contributed by atoms with Crippen molar-refractivity contribution in [1.82, 2.24) is 15.1 Å². The van der Waals surface area contributed by atoms with Crippen molar-refractivity contribution in [2.24, 2.45) is 0 Å². The van der Waals surface area contributed by atoms with Crippen LogP contribution >= 0.6 is 0 Å². The van der Waals surface area contributed by atoms with Crippen LogP contribution in [-0.2, 0) is 6.54 Å². The maximum Gasteiger partial charge on any atom is 0.123 e. The van der Waals surface area contributed by atoms with Gasteiger partial charge in [0, 0.05) is 30.5 Å². The minimum absolute atomic E-state index is 0.256. The summed E-state index contributed by atoms with van der Waals surface area (Å²) >= 11 is 0. The van der Waals surface area contributed by atoms with E-state index in [4.69, 9.17) is 4.74 Å². The lowest BCUT2D eigenvalue weighted by atomic mass is 10.0. The zero-order valence-corrected chi connectivity index (χ0v) is 11.8. The van der Waals surface area contributed by atoms with Crippen LogP contribution in [0.15, 0.2) is 36.7 Å². The standard InChI is InChI=1S/C15H21N3O/c1-12-5-6-14(15(11-12)19-3)13(2)16-8-10-18-9-4-7-17-18/h4-7,9,11,13,16H,8,10H2,1-3H3. The molecule has 0 bridgehead atoms. The van der Waals surface area contributed by atoms with Crippen molar-refractivity contribution in [2.45, 2.75) is 26.4 Å². The Labute approximate surface area is 114 Å². The molecule has 0 saturated heterocycles. The normalized spacial score (nSPS) is 12.4. The maximum absolute atomic E-state index is 5.44. The first kappa shape index (κ1) is 13.6. The molecule has 0 aliphatic heterocycles. The molecule has 1 atom stereocenters. The molecule has 1 aromatic carbocycles. The van der Waals surface area contributed by atoms with Gasteiger partial charge in [0.05, 0.1) is 13.7 Å². The molecule has 19 heavy (non-hydrogen) atoms. The average molecular weight is 259 g/mol. The van der Waals surface area contributed by atoms with Crippen LogP contribution in [0, 0.1) is 6.92 Å². The highest BCUT2D eigenvalue weighted by molar-refractivity contribution is 5.38. The van der Waals surface area contributed by atoms with Gasteiger partial charge in [-0.05, 0) is 31.5 Å². The Bertz CT molecular complexity index is 508. The molecule has 0 saturated carbocycles. The minimum Gasteiger partial charge on any atom is -0.496 e. The van der Waals surface area contributed by atoms with Gasteiger partial charge in [-0.1, -0.05) is 12.1 Å². The summed E-state index contributed by atoms with van der Waals surface area (Å²) in [6, 6.07) is 8.50. The van der Waals surface area contributed by atoms with Gasteiger partial charge in [-0.15, -0.1) is 0 Å². The zero-order chi connectivity index (χ0) is 13.7. The highest BCUT2D eigenvalue weighted by Crippen LogP contribution is 2.25.